The van der Waals surface area contributed by atoms with Crippen molar-refractivity contribution in [2.75, 3.05) is 19.8 Å². The van der Waals surface area contributed by atoms with E-state index in [0.29, 0.717) is 13.0 Å². The molecule has 1 N–H and O–H groups in total. The molecule has 0 aliphatic carbocycles. The summed E-state index contributed by atoms with van der Waals surface area (Å²) in [6.07, 6.45) is 1.52. The zero-order chi connectivity index (χ0) is 17.4. The van der Waals surface area contributed by atoms with E-state index in [-0.39, 0.29) is 18.1 Å². The molecular formula is C17H19NO6. The van der Waals surface area contributed by atoms with Gasteiger partial charge in [0, 0.05) is 0 Å². The van der Waals surface area contributed by atoms with E-state index in [4.69, 9.17) is 14.2 Å². The summed E-state index contributed by atoms with van der Waals surface area (Å²) in [5.41, 5.74) is 0.924. The highest BCUT2D eigenvalue weighted by atomic mass is 16.6. The van der Waals surface area contributed by atoms with Gasteiger partial charge in [-0.2, -0.15) is 0 Å². The maximum absolute atomic E-state index is 11.9. The fraction of sp³-hybridized carbons (Fsp3) is 0.353. The number of Topliss-reactive ketones (excluding diaryl/α,β-unsaturated/α-hetero) is 1. The van der Waals surface area contributed by atoms with E-state index in [1.165, 1.54) is 6.92 Å². The monoisotopic (exact) mass is 333 g/mol. The van der Waals surface area contributed by atoms with Gasteiger partial charge in [-0.3, -0.25) is 9.59 Å². The van der Waals surface area contributed by atoms with Gasteiger partial charge in [0.2, 0.25) is 5.76 Å². The van der Waals surface area contributed by atoms with Crippen molar-refractivity contribution in [3.63, 3.8) is 0 Å². The summed E-state index contributed by atoms with van der Waals surface area (Å²) >= 11 is 0. The van der Waals surface area contributed by atoms with Gasteiger partial charge in [0.25, 0.3) is 5.91 Å². The lowest BCUT2D eigenvalue weighted by Crippen LogP contribution is -2.43. The lowest BCUT2D eigenvalue weighted by Gasteiger charge is -2.17. The van der Waals surface area contributed by atoms with Crippen molar-refractivity contribution < 1.29 is 28.6 Å². The summed E-state index contributed by atoms with van der Waals surface area (Å²) in [6, 6.07) is 8.65. The molecule has 1 atom stereocenters. The van der Waals surface area contributed by atoms with Crippen molar-refractivity contribution >= 4 is 17.7 Å². The van der Waals surface area contributed by atoms with Crippen LogP contribution in [-0.2, 0) is 35.0 Å². The van der Waals surface area contributed by atoms with E-state index >= 15 is 0 Å². The second-order valence-corrected chi connectivity index (χ2v) is 5.20. The maximum atomic E-state index is 11.9. The molecule has 2 rings (SSSR count). The van der Waals surface area contributed by atoms with Crippen molar-refractivity contribution in [2.45, 2.75) is 19.4 Å². The minimum Gasteiger partial charge on any atom is -0.493 e. The van der Waals surface area contributed by atoms with Gasteiger partial charge in [0.05, 0.1) is 6.04 Å². The normalized spacial score (nSPS) is 14.5. The van der Waals surface area contributed by atoms with Crippen LogP contribution in [0.15, 0.2) is 42.4 Å². The standard InChI is InChI=1S/C17H19NO6/c1-12(19)14(9-13-5-3-2-4-6-13)18-16(20)11-24-17(21)15-10-22-7-8-23-15/h2-6,10,14H,7-9,11H2,1H3,(H,18,20)/t14-/m1/s1. The Kier molecular flexibility index (Phi) is 6.36. The number of ketones is 1. The van der Waals surface area contributed by atoms with E-state index in [2.05, 4.69) is 5.32 Å². The van der Waals surface area contributed by atoms with Crippen LogP contribution in [0, 0.1) is 0 Å². The van der Waals surface area contributed by atoms with Crippen LogP contribution in [0.5, 0.6) is 0 Å². The van der Waals surface area contributed by atoms with Crippen molar-refractivity contribution in [1.82, 2.24) is 5.32 Å². The van der Waals surface area contributed by atoms with Crippen LogP contribution in [-0.4, -0.2) is 43.5 Å². The first-order valence-corrected chi connectivity index (χ1v) is 7.51. The van der Waals surface area contributed by atoms with Crippen LogP contribution in [0.3, 0.4) is 0 Å². The summed E-state index contributed by atoms with van der Waals surface area (Å²) in [5, 5.41) is 2.57. The lowest BCUT2D eigenvalue weighted by atomic mass is 10.0. The average molecular weight is 333 g/mol. The maximum Gasteiger partial charge on any atom is 0.377 e. The van der Waals surface area contributed by atoms with E-state index < -0.39 is 24.5 Å². The van der Waals surface area contributed by atoms with Crippen LogP contribution >= 0.6 is 0 Å². The first-order chi connectivity index (χ1) is 11.6. The van der Waals surface area contributed by atoms with Gasteiger partial charge in [0.1, 0.15) is 19.5 Å². The first-order valence-electron chi connectivity index (χ1n) is 7.51. The zero-order valence-electron chi connectivity index (χ0n) is 13.3. The molecule has 0 unspecified atom stereocenters. The number of rotatable bonds is 7. The van der Waals surface area contributed by atoms with Gasteiger partial charge in [0.15, 0.2) is 12.4 Å². The third-order valence-corrected chi connectivity index (χ3v) is 3.29. The van der Waals surface area contributed by atoms with E-state index in [0.717, 1.165) is 11.8 Å². The summed E-state index contributed by atoms with van der Waals surface area (Å²) in [7, 11) is 0. The molecule has 0 bridgehead atoms. The number of esters is 1. The Labute approximate surface area is 139 Å². The molecule has 1 aromatic rings. The predicted molar refractivity (Wildman–Crippen MR) is 83.7 cm³/mol. The summed E-state index contributed by atoms with van der Waals surface area (Å²) < 4.78 is 14.8. The highest BCUT2D eigenvalue weighted by molar-refractivity contribution is 5.91. The Morgan fingerprint density at radius 2 is 1.96 bits per heavy atom. The Bertz CT molecular complexity index is 625. The molecule has 128 valence electrons. The van der Waals surface area contributed by atoms with Gasteiger partial charge < -0.3 is 19.5 Å². The summed E-state index contributed by atoms with van der Waals surface area (Å²) in [5.74, 6) is -1.60. The summed E-state index contributed by atoms with van der Waals surface area (Å²) in [6.45, 7) is 1.50. The van der Waals surface area contributed by atoms with Gasteiger partial charge in [-0.1, -0.05) is 30.3 Å². The smallest absolute Gasteiger partial charge is 0.377 e. The van der Waals surface area contributed by atoms with Crippen LogP contribution in [0.1, 0.15) is 12.5 Å². The van der Waals surface area contributed by atoms with Crippen LogP contribution < -0.4 is 5.32 Å². The third-order valence-electron chi connectivity index (χ3n) is 3.29. The number of carbonyl (C=O) groups excluding carboxylic acids is 3. The number of hydrogen-bond donors (Lipinski definition) is 1. The predicted octanol–water partition coefficient (Wildman–Crippen LogP) is 0.734. The topological polar surface area (TPSA) is 90.9 Å². The number of nitrogens with one attached hydrogen (secondary N) is 1. The number of carbonyl (C=O) groups is 3. The Morgan fingerprint density at radius 3 is 2.58 bits per heavy atom. The molecule has 0 aromatic heterocycles. The molecule has 0 radical (unpaired) electrons. The fourth-order valence-electron chi connectivity index (χ4n) is 2.06. The molecule has 0 saturated heterocycles. The fourth-order valence-corrected chi connectivity index (χ4v) is 2.06. The van der Waals surface area contributed by atoms with Crippen molar-refractivity contribution in [3.05, 3.63) is 47.9 Å². The number of hydrogen-bond acceptors (Lipinski definition) is 6. The van der Waals surface area contributed by atoms with Crippen molar-refractivity contribution in [1.29, 1.82) is 0 Å². The van der Waals surface area contributed by atoms with Gasteiger partial charge in [-0.25, -0.2) is 4.79 Å². The molecule has 7 nitrogen and oxygen atoms in total. The van der Waals surface area contributed by atoms with Crippen molar-refractivity contribution in [3.8, 4) is 0 Å². The van der Waals surface area contributed by atoms with Crippen LogP contribution in [0.25, 0.3) is 0 Å². The minimum atomic E-state index is -0.785. The van der Waals surface area contributed by atoms with Gasteiger partial charge >= 0.3 is 5.97 Å². The summed E-state index contributed by atoms with van der Waals surface area (Å²) in [4.78, 5) is 35.3. The van der Waals surface area contributed by atoms with E-state index in [1.54, 1.807) is 0 Å². The molecule has 1 aliphatic rings. The Balaban J connectivity index is 1.83. The van der Waals surface area contributed by atoms with Crippen LogP contribution in [0.4, 0.5) is 0 Å². The molecular weight excluding hydrogens is 314 g/mol. The average Bonchev–Trinajstić information content (AvgIpc) is 2.60. The van der Waals surface area contributed by atoms with E-state index in [1.807, 2.05) is 30.3 Å². The second-order valence-electron chi connectivity index (χ2n) is 5.20. The molecule has 0 fully saturated rings. The second kappa shape index (κ2) is 8.71. The molecule has 0 saturated carbocycles. The zero-order valence-corrected chi connectivity index (χ0v) is 13.3. The first kappa shape index (κ1) is 17.5. The largest absolute Gasteiger partial charge is 0.493 e. The minimum absolute atomic E-state index is 0.0820. The third kappa shape index (κ3) is 5.42. The molecule has 1 aliphatic heterocycles. The van der Waals surface area contributed by atoms with Gasteiger partial charge in [-0.05, 0) is 18.9 Å². The SMILES string of the molecule is CC(=O)[C@@H](Cc1ccccc1)NC(=O)COC(=O)C1=COCCO1. The quantitative estimate of drug-likeness (QED) is 0.740. The molecule has 1 heterocycles. The molecule has 24 heavy (non-hydrogen) atoms. The van der Waals surface area contributed by atoms with E-state index in [9.17, 15) is 14.4 Å². The molecule has 1 amide bonds. The lowest BCUT2D eigenvalue weighted by molar-refractivity contribution is -0.149. The molecule has 7 heteroatoms. The Hall–Kier alpha value is -2.83. The highest BCUT2D eigenvalue weighted by Gasteiger charge is 2.21. The highest BCUT2D eigenvalue weighted by Crippen LogP contribution is 2.07. The number of amides is 1. The van der Waals surface area contributed by atoms with Crippen LogP contribution in [0.2, 0.25) is 0 Å². The Morgan fingerprint density at radius 1 is 1.21 bits per heavy atom. The van der Waals surface area contributed by atoms with Gasteiger partial charge in [-0.15, -0.1) is 0 Å². The number of benzene rings is 1. The molecule has 0 spiro atoms. The van der Waals surface area contributed by atoms with Crippen molar-refractivity contribution in [2.24, 2.45) is 0 Å². The molecule has 1 aromatic carbocycles. The number of ether oxygens (including phenoxy) is 3.